The van der Waals surface area contributed by atoms with Crippen LogP contribution in [0.15, 0.2) is 97.1 Å². The fourth-order valence-electron chi connectivity index (χ4n) is 3.67. The summed E-state index contributed by atoms with van der Waals surface area (Å²) in [6, 6.07) is 32.9. The van der Waals surface area contributed by atoms with Gasteiger partial charge in [0.1, 0.15) is 5.75 Å². The first kappa shape index (κ1) is 17.8. The van der Waals surface area contributed by atoms with Gasteiger partial charge in [-0.3, -0.25) is 0 Å². The van der Waals surface area contributed by atoms with Gasteiger partial charge in [0, 0.05) is 32.9 Å². The highest BCUT2D eigenvalue weighted by molar-refractivity contribution is 7.26. The van der Waals surface area contributed by atoms with Crippen molar-refractivity contribution in [3.8, 4) is 5.75 Å². The number of hydrogen-bond donors (Lipinski definition) is 1. The fourth-order valence-corrected chi connectivity index (χ4v) is 4.88. The molecule has 0 fully saturated rings. The summed E-state index contributed by atoms with van der Waals surface area (Å²) in [5.41, 5.74) is 3.13. The second-order valence-corrected chi connectivity index (χ2v) is 7.70. The van der Waals surface area contributed by atoms with Crippen LogP contribution < -0.4 is 9.55 Å². The van der Waals surface area contributed by atoms with Crippen molar-refractivity contribution >= 4 is 56.3 Å². The van der Waals surface area contributed by atoms with Crippen LogP contribution in [0.5, 0.6) is 5.75 Å². The van der Waals surface area contributed by atoms with Gasteiger partial charge in [-0.25, -0.2) is 0 Å². The summed E-state index contributed by atoms with van der Waals surface area (Å²) in [5, 5.41) is 11.6. The molecule has 0 saturated carbocycles. The van der Waals surface area contributed by atoms with Crippen LogP contribution in [-0.2, 0) is 0 Å². The van der Waals surface area contributed by atoms with Gasteiger partial charge in [0.2, 0.25) is 0 Å². The Morgan fingerprint density at radius 1 is 0.724 bits per heavy atom. The average molecular weight is 394 g/mol. The summed E-state index contributed by atoms with van der Waals surface area (Å²) in [6.07, 6.45) is 0. The van der Waals surface area contributed by atoms with Crippen LogP contribution in [0.3, 0.4) is 0 Å². The van der Waals surface area contributed by atoms with Gasteiger partial charge in [-0.1, -0.05) is 54.6 Å². The van der Waals surface area contributed by atoms with E-state index in [-0.39, 0.29) is 0 Å². The summed E-state index contributed by atoms with van der Waals surface area (Å²) in [6.45, 7) is 0. The van der Waals surface area contributed by atoms with E-state index in [0.717, 1.165) is 17.1 Å². The Labute approximate surface area is 173 Å². The van der Waals surface area contributed by atoms with E-state index < -0.39 is 0 Å². The topological polar surface area (TPSA) is 32.7 Å². The second kappa shape index (κ2) is 7.62. The predicted molar refractivity (Wildman–Crippen MR) is 123 cm³/mol. The molecule has 0 atom stereocenters. The molecular formula is C24H17BNO2S. The predicted octanol–water partition coefficient (Wildman–Crippen LogP) is 6.43. The summed E-state index contributed by atoms with van der Waals surface area (Å²) in [7, 11) is 0.707. The molecule has 1 radical (unpaired) electrons. The molecule has 0 aliphatic heterocycles. The van der Waals surface area contributed by atoms with Gasteiger partial charge in [-0.15, -0.1) is 11.3 Å². The van der Waals surface area contributed by atoms with E-state index in [0.29, 0.717) is 13.4 Å². The molecule has 3 nitrogen and oxygen atoms in total. The molecule has 139 valence electrons. The van der Waals surface area contributed by atoms with Gasteiger partial charge in [-0.05, 0) is 36.4 Å². The van der Waals surface area contributed by atoms with Gasteiger partial charge in [-0.2, -0.15) is 0 Å². The molecule has 1 heterocycles. The molecule has 0 saturated heterocycles. The maximum atomic E-state index is 9.05. The van der Waals surface area contributed by atoms with E-state index in [1.54, 1.807) is 11.3 Å². The second-order valence-electron chi connectivity index (χ2n) is 6.64. The summed E-state index contributed by atoms with van der Waals surface area (Å²) in [5.74, 6) is 0.578. The number of rotatable bonds is 5. The molecule has 0 bridgehead atoms. The lowest BCUT2D eigenvalue weighted by Gasteiger charge is -2.26. The zero-order valence-corrected chi connectivity index (χ0v) is 16.3. The minimum absolute atomic E-state index is 0.578. The number of anilines is 3. The first-order chi connectivity index (χ1) is 14.3. The van der Waals surface area contributed by atoms with E-state index in [4.69, 9.17) is 9.68 Å². The molecule has 5 rings (SSSR count). The van der Waals surface area contributed by atoms with Crippen LogP contribution in [0.25, 0.3) is 20.2 Å². The molecule has 5 heteroatoms. The van der Waals surface area contributed by atoms with Crippen molar-refractivity contribution in [3.63, 3.8) is 0 Å². The number of thiophene rings is 1. The third-order valence-electron chi connectivity index (χ3n) is 4.90. The molecule has 1 aromatic heterocycles. The Bertz CT molecular complexity index is 1290. The lowest BCUT2D eigenvalue weighted by atomic mass is 10.1. The normalized spacial score (nSPS) is 10.9. The van der Waals surface area contributed by atoms with E-state index in [9.17, 15) is 0 Å². The summed E-state index contributed by atoms with van der Waals surface area (Å²) in [4.78, 5) is 2.22. The standard InChI is InChI=1S/C24H17BNO2S/c27-25-28-19-11-6-10-18(16-19)26(17-8-2-1-3-9-17)22-14-7-13-21-20-12-4-5-15-23(20)29-24(21)22/h1-16,27H. The maximum absolute atomic E-state index is 9.05. The van der Waals surface area contributed by atoms with Crippen LogP contribution in [0.2, 0.25) is 0 Å². The van der Waals surface area contributed by atoms with Gasteiger partial charge in [0.15, 0.2) is 0 Å². The minimum Gasteiger partial charge on any atom is -0.537 e. The first-order valence-corrected chi connectivity index (χ1v) is 10.1. The summed E-state index contributed by atoms with van der Waals surface area (Å²) < 4.78 is 7.72. The van der Waals surface area contributed by atoms with Crippen molar-refractivity contribution in [1.82, 2.24) is 0 Å². The number of para-hydroxylation sites is 1. The van der Waals surface area contributed by atoms with Crippen molar-refractivity contribution in [2.24, 2.45) is 0 Å². The number of benzene rings is 4. The first-order valence-electron chi connectivity index (χ1n) is 9.33. The molecule has 1 N–H and O–H groups in total. The third-order valence-corrected chi connectivity index (χ3v) is 6.11. The van der Waals surface area contributed by atoms with Gasteiger partial charge in [0.25, 0.3) is 0 Å². The lowest BCUT2D eigenvalue weighted by Crippen LogP contribution is -2.10. The smallest absolute Gasteiger partial charge is 0.537 e. The fraction of sp³-hybridized carbons (Fsp3) is 0. The Morgan fingerprint density at radius 2 is 1.45 bits per heavy atom. The van der Waals surface area contributed by atoms with Crippen molar-refractivity contribution in [1.29, 1.82) is 0 Å². The average Bonchev–Trinajstić information content (AvgIpc) is 3.15. The largest absolute Gasteiger partial charge is 0.569 e. The van der Waals surface area contributed by atoms with Crippen molar-refractivity contribution in [2.75, 3.05) is 4.90 Å². The highest BCUT2D eigenvalue weighted by Crippen LogP contribution is 2.44. The van der Waals surface area contributed by atoms with Crippen molar-refractivity contribution < 1.29 is 9.68 Å². The van der Waals surface area contributed by atoms with Crippen molar-refractivity contribution in [3.05, 3.63) is 97.1 Å². The Kier molecular flexibility index (Phi) is 4.68. The van der Waals surface area contributed by atoms with Crippen molar-refractivity contribution in [2.45, 2.75) is 0 Å². The summed E-state index contributed by atoms with van der Waals surface area (Å²) >= 11 is 1.80. The van der Waals surface area contributed by atoms with Crippen LogP contribution in [0.4, 0.5) is 17.1 Å². The number of hydrogen-bond acceptors (Lipinski definition) is 4. The molecule has 0 aliphatic carbocycles. The van der Waals surface area contributed by atoms with Crippen LogP contribution in [-0.4, -0.2) is 12.7 Å². The molecule has 4 aromatic carbocycles. The molecule has 0 unspecified atom stereocenters. The zero-order valence-electron chi connectivity index (χ0n) is 15.5. The Morgan fingerprint density at radius 3 is 2.31 bits per heavy atom. The van der Waals surface area contributed by atoms with E-state index in [1.165, 1.54) is 20.2 Å². The molecule has 5 aromatic rings. The minimum atomic E-state index is 0.578. The highest BCUT2D eigenvalue weighted by Gasteiger charge is 2.18. The molecule has 0 amide bonds. The quantitative estimate of drug-likeness (QED) is 0.349. The van der Waals surface area contributed by atoms with E-state index >= 15 is 0 Å². The lowest BCUT2D eigenvalue weighted by molar-refractivity contribution is 0.454. The zero-order chi connectivity index (χ0) is 19.6. The van der Waals surface area contributed by atoms with Crippen LogP contribution in [0, 0.1) is 0 Å². The van der Waals surface area contributed by atoms with Gasteiger partial charge in [0.05, 0.1) is 10.4 Å². The van der Waals surface area contributed by atoms with Gasteiger partial charge < -0.3 is 14.6 Å². The SMILES string of the molecule is O[B]Oc1cccc(N(c2ccccc2)c2cccc3c2sc2ccccc23)c1. The highest BCUT2D eigenvalue weighted by atomic mass is 32.1. The molecule has 0 aliphatic rings. The monoisotopic (exact) mass is 394 g/mol. The number of fused-ring (bicyclic) bond motifs is 3. The number of nitrogens with zero attached hydrogens (tertiary/aromatic N) is 1. The molecule has 0 spiro atoms. The van der Waals surface area contributed by atoms with Crippen LogP contribution in [0.1, 0.15) is 0 Å². The maximum Gasteiger partial charge on any atom is 0.569 e. The van der Waals surface area contributed by atoms with Gasteiger partial charge >= 0.3 is 7.69 Å². The Balaban J connectivity index is 1.77. The van der Waals surface area contributed by atoms with E-state index in [2.05, 4.69) is 59.5 Å². The Hall–Kier alpha value is -3.28. The molecule has 29 heavy (non-hydrogen) atoms. The third kappa shape index (κ3) is 3.25. The van der Waals surface area contributed by atoms with E-state index in [1.807, 2.05) is 42.5 Å². The molecular weight excluding hydrogens is 377 g/mol. The van der Waals surface area contributed by atoms with Crippen LogP contribution >= 0.6 is 11.3 Å².